The average Bonchev–Trinajstić information content (AvgIpc) is 3.54. The molecule has 42 heavy (non-hydrogen) atoms. The molecule has 0 amide bonds. The van der Waals surface area contributed by atoms with E-state index in [0.717, 1.165) is 58.9 Å². The molecule has 6 rings (SSSR count). The first-order valence-corrected chi connectivity index (χ1v) is 15.6. The van der Waals surface area contributed by atoms with Gasteiger partial charge in [0, 0.05) is 54.4 Å². The molecule has 5 aromatic rings. The standard InChI is InChI=1S/C32H37N5O4S/c1-21-6-8-24(9-7-21)42(38,39)37-29(27-20-36(3)28-18-31(41-5)30(40-4)17-26(27)28)16-25-22(10-13-33-32(25)37)19-34-23-11-14-35(2)15-12-23/h6-10,13,16-18,20,23,34H,11-12,14-15,19H2,1-5H3. The summed E-state index contributed by atoms with van der Waals surface area (Å²) in [4.78, 5) is 7.21. The van der Waals surface area contributed by atoms with Gasteiger partial charge in [-0.3, -0.25) is 0 Å². The third kappa shape index (κ3) is 4.93. The zero-order chi connectivity index (χ0) is 29.6. The highest BCUT2D eigenvalue weighted by molar-refractivity contribution is 7.90. The van der Waals surface area contributed by atoms with Crippen molar-refractivity contribution in [1.82, 2.24) is 23.7 Å². The molecule has 220 valence electrons. The van der Waals surface area contributed by atoms with E-state index in [1.54, 1.807) is 32.5 Å². The number of nitrogens with zero attached hydrogens (tertiary/aromatic N) is 4. The lowest BCUT2D eigenvalue weighted by molar-refractivity contribution is 0.234. The van der Waals surface area contributed by atoms with Crippen LogP contribution in [0.2, 0.25) is 0 Å². The number of fused-ring (bicyclic) bond motifs is 2. The molecule has 0 spiro atoms. The lowest BCUT2D eigenvalue weighted by atomic mass is 10.0. The third-order valence-corrected chi connectivity index (χ3v) is 10.1. The number of ether oxygens (including phenoxy) is 2. The van der Waals surface area contributed by atoms with Gasteiger partial charge in [0.1, 0.15) is 0 Å². The Labute approximate surface area is 246 Å². The molecule has 0 aliphatic carbocycles. The molecule has 1 aliphatic rings. The van der Waals surface area contributed by atoms with Crippen molar-refractivity contribution in [3.8, 4) is 22.8 Å². The summed E-state index contributed by atoms with van der Waals surface area (Å²) in [7, 11) is 3.29. The smallest absolute Gasteiger partial charge is 0.269 e. The number of hydrogen-bond acceptors (Lipinski definition) is 7. The van der Waals surface area contributed by atoms with Gasteiger partial charge in [0.2, 0.25) is 0 Å². The second-order valence-electron chi connectivity index (χ2n) is 11.2. The molecule has 0 atom stereocenters. The van der Waals surface area contributed by atoms with Gasteiger partial charge in [0.05, 0.1) is 30.3 Å². The van der Waals surface area contributed by atoms with Gasteiger partial charge in [-0.25, -0.2) is 17.4 Å². The summed E-state index contributed by atoms with van der Waals surface area (Å²) in [6.45, 7) is 4.69. The van der Waals surface area contributed by atoms with Crippen LogP contribution in [-0.2, 0) is 23.6 Å². The van der Waals surface area contributed by atoms with Crippen molar-refractivity contribution >= 4 is 32.0 Å². The SMILES string of the molecule is COc1cc2c(-c3cc4c(CNC5CCN(C)CC5)ccnc4n3S(=O)(=O)c3ccc(C)cc3)cn(C)c2cc1OC. The number of rotatable bonds is 8. The molecule has 0 unspecified atom stereocenters. The van der Waals surface area contributed by atoms with Gasteiger partial charge in [-0.1, -0.05) is 17.7 Å². The molecule has 1 aliphatic heterocycles. The van der Waals surface area contributed by atoms with E-state index in [9.17, 15) is 8.42 Å². The first-order valence-electron chi connectivity index (χ1n) is 14.2. The fourth-order valence-electron chi connectivity index (χ4n) is 5.91. The molecule has 1 fully saturated rings. The molecule has 1 saturated heterocycles. The van der Waals surface area contributed by atoms with Crippen LogP contribution in [0, 0.1) is 6.92 Å². The van der Waals surface area contributed by atoms with Gasteiger partial charge in [-0.05, 0) is 75.8 Å². The molecule has 0 bridgehead atoms. The lowest BCUT2D eigenvalue weighted by Gasteiger charge is -2.29. The monoisotopic (exact) mass is 587 g/mol. The zero-order valence-corrected chi connectivity index (χ0v) is 25.5. The summed E-state index contributed by atoms with van der Waals surface area (Å²) in [5.74, 6) is 1.18. The summed E-state index contributed by atoms with van der Waals surface area (Å²) in [5.41, 5.74) is 4.61. The van der Waals surface area contributed by atoms with Crippen LogP contribution in [-0.4, -0.2) is 67.2 Å². The van der Waals surface area contributed by atoms with Crippen LogP contribution in [0.3, 0.4) is 0 Å². The quantitative estimate of drug-likeness (QED) is 0.275. The van der Waals surface area contributed by atoms with Crippen LogP contribution in [0.5, 0.6) is 11.5 Å². The number of benzene rings is 2. The van der Waals surface area contributed by atoms with Crippen LogP contribution in [0.15, 0.2) is 65.8 Å². The largest absolute Gasteiger partial charge is 0.493 e. The molecule has 0 radical (unpaired) electrons. The van der Waals surface area contributed by atoms with E-state index >= 15 is 0 Å². The number of aryl methyl sites for hydroxylation is 2. The zero-order valence-electron chi connectivity index (χ0n) is 24.7. The summed E-state index contributed by atoms with van der Waals surface area (Å²) >= 11 is 0. The van der Waals surface area contributed by atoms with Gasteiger partial charge < -0.3 is 24.3 Å². The number of likely N-dealkylation sites (tertiary alicyclic amines) is 1. The molecule has 2 aromatic carbocycles. The molecule has 9 nitrogen and oxygen atoms in total. The Morgan fingerprint density at radius 3 is 2.33 bits per heavy atom. The Morgan fingerprint density at radius 1 is 0.952 bits per heavy atom. The van der Waals surface area contributed by atoms with Crippen molar-refractivity contribution in [2.45, 2.75) is 37.2 Å². The number of hydrogen-bond donors (Lipinski definition) is 1. The number of aromatic nitrogens is 3. The van der Waals surface area contributed by atoms with Crippen molar-refractivity contribution in [3.63, 3.8) is 0 Å². The van der Waals surface area contributed by atoms with Crippen LogP contribution in [0.1, 0.15) is 24.0 Å². The van der Waals surface area contributed by atoms with E-state index in [2.05, 4.69) is 22.2 Å². The van der Waals surface area contributed by atoms with Crippen molar-refractivity contribution < 1.29 is 17.9 Å². The van der Waals surface area contributed by atoms with E-state index in [-0.39, 0.29) is 4.90 Å². The maximum atomic E-state index is 14.4. The highest BCUT2D eigenvalue weighted by atomic mass is 32.2. The maximum absolute atomic E-state index is 14.4. The topological polar surface area (TPSA) is 90.6 Å². The minimum absolute atomic E-state index is 0.211. The predicted molar refractivity (Wildman–Crippen MR) is 166 cm³/mol. The van der Waals surface area contributed by atoms with Crippen molar-refractivity contribution in [3.05, 3.63) is 72.1 Å². The van der Waals surface area contributed by atoms with E-state index in [1.807, 2.05) is 61.1 Å². The third-order valence-electron chi connectivity index (χ3n) is 8.38. The van der Waals surface area contributed by atoms with E-state index in [1.165, 1.54) is 3.97 Å². The second-order valence-corrected chi connectivity index (χ2v) is 12.9. The van der Waals surface area contributed by atoms with E-state index in [0.29, 0.717) is 35.4 Å². The van der Waals surface area contributed by atoms with Gasteiger partial charge in [0.25, 0.3) is 10.0 Å². The number of methoxy groups -OCH3 is 2. The normalized spacial score (nSPS) is 15.1. The van der Waals surface area contributed by atoms with E-state index < -0.39 is 10.0 Å². The van der Waals surface area contributed by atoms with E-state index in [4.69, 9.17) is 9.47 Å². The van der Waals surface area contributed by atoms with Gasteiger partial charge in [-0.15, -0.1) is 0 Å². The molecule has 0 saturated carbocycles. The highest BCUT2D eigenvalue weighted by Crippen LogP contribution is 2.41. The van der Waals surface area contributed by atoms with Crippen molar-refractivity contribution in [1.29, 1.82) is 0 Å². The number of nitrogens with one attached hydrogen (secondary N) is 1. The fraction of sp³-hybridized carbons (Fsp3) is 0.344. The Bertz CT molecular complexity index is 1870. The number of pyridine rings is 1. The summed E-state index contributed by atoms with van der Waals surface area (Å²) in [5, 5.41) is 5.37. The van der Waals surface area contributed by atoms with Gasteiger partial charge >= 0.3 is 0 Å². The van der Waals surface area contributed by atoms with Crippen LogP contribution in [0.25, 0.3) is 33.2 Å². The van der Waals surface area contributed by atoms with Crippen LogP contribution < -0.4 is 14.8 Å². The summed E-state index contributed by atoms with van der Waals surface area (Å²) < 4.78 is 43.3. The predicted octanol–water partition coefficient (Wildman–Crippen LogP) is 4.94. The Hall–Kier alpha value is -3.86. The van der Waals surface area contributed by atoms with Crippen LogP contribution in [0.4, 0.5) is 0 Å². The summed E-state index contributed by atoms with van der Waals surface area (Å²) in [6, 6.07) is 15.1. The Kier molecular flexibility index (Phi) is 7.46. The Morgan fingerprint density at radius 2 is 1.64 bits per heavy atom. The van der Waals surface area contributed by atoms with Crippen LogP contribution >= 0.6 is 0 Å². The van der Waals surface area contributed by atoms with Crippen molar-refractivity contribution in [2.75, 3.05) is 34.4 Å². The molecule has 1 N–H and O–H groups in total. The van der Waals surface area contributed by atoms with Gasteiger partial charge in [-0.2, -0.15) is 0 Å². The fourth-order valence-corrected chi connectivity index (χ4v) is 7.38. The van der Waals surface area contributed by atoms with Crippen molar-refractivity contribution in [2.24, 2.45) is 7.05 Å². The molecule has 10 heteroatoms. The average molecular weight is 588 g/mol. The first kappa shape index (κ1) is 28.3. The molecular formula is C32H37N5O4S. The second kappa shape index (κ2) is 11.1. The maximum Gasteiger partial charge on any atom is 0.269 e. The summed E-state index contributed by atoms with van der Waals surface area (Å²) in [6.07, 6.45) is 5.82. The first-order chi connectivity index (χ1) is 20.2. The molecular weight excluding hydrogens is 550 g/mol. The lowest BCUT2D eigenvalue weighted by Crippen LogP contribution is -2.40. The number of piperidine rings is 1. The molecule has 3 aromatic heterocycles. The highest BCUT2D eigenvalue weighted by Gasteiger charge is 2.28. The van der Waals surface area contributed by atoms with Gasteiger partial charge in [0.15, 0.2) is 17.1 Å². The molecule has 4 heterocycles. The minimum atomic E-state index is -4.00. The Balaban J connectivity index is 1.56. The minimum Gasteiger partial charge on any atom is -0.493 e.